The minimum atomic E-state index is -2.93. The Labute approximate surface area is 160 Å². The van der Waals surface area contributed by atoms with Gasteiger partial charge in [-0.25, -0.2) is 9.67 Å². The summed E-state index contributed by atoms with van der Waals surface area (Å²) in [6.45, 7) is -1.08. The van der Waals surface area contributed by atoms with Gasteiger partial charge in [-0.3, -0.25) is 4.79 Å². The van der Waals surface area contributed by atoms with Crippen LogP contribution in [0.3, 0.4) is 0 Å². The number of hydrogen-bond donors (Lipinski definition) is 1. The lowest BCUT2D eigenvalue weighted by atomic mass is 10.1. The van der Waals surface area contributed by atoms with E-state index >= 15 is 0 Å². The number of para-hydroxylation sites is 1. The summed E-state index contributed by atoms with van der Waals surface area (Å²) < 4.78 is 31.0. The van der Waals surface area contributed by atoms with Crippen molar-refractivity contribution in [1.29, 1.82) is 0 Å². The fraction of sp³-hybridized carbons (Fsp3) is 0.150. The Morgan fingerprint density at radius 3 is 2.61 bits per heavy atom. The van der Waals surface area contributed by atoms with Crippen LogP contribution in [0.25, 0.3) is 11.8 Å². The van der Waals surface area contributed by atoms with E-state index in [0.29, 0.717) is 5.56 Å². The molecule has 6 nitrogen and oxygen atoms in total. The summed E-state index contributed by atoms with van der Waals surface area (Å²) >= 11 is 0. The summed E-state index contributed by atoms with van der Waals surface area (Å²) in [5.41, 5.74) is 2.16. The van der Waals surface area contributed by atoms with Gasteiger partial charge in [0.2, 0.25) is 5.91 Å². The average molecular weight is 384 g/mol. The van der Waals surface area contributed by atoms with Crippen LogP contribution < -0.4 is 10.1 Å². The third kappa shape index (κ3) is 5.00. The van der Waals surface area contributed by atoms with Gasteiger partial charge in [-0.2, -0.15) is 13.9 Å². The zero-order chi connectivity index (χ0) is 19.9. The highest BCUT2D eigenvalue weighted by molar-refractivity contribution is 5.92. The summed E-state index contributed by atoms with van der Waals surface area (Å²) in [4.78, 5) is 16.1. The topological polar surface area (TPSA) is 69.0 Å². The highest BCUT2D eigenvalue weighted by atomic mass is 19.3. The second-order valence-electron chi connectivity index (χ2n) is 5.91. The molecule has 3 rings (SSSR count). The summed E-state index contributed by atoms with van der Waals surface area (Å²) in [5, 5.41) is 6.89. The van der Waals surface area contributed by atoms with E-state index in [-0.39, 0.29) is 17.7 Å². The first-order valence-corrected chi connectivity index (χ1v) is 8.50. The Kier molecular flexibility index (Phi) is 6.11. The van der Waals surface area contributed by atoms with Crippen LogP contribution in [0.15, 0.2) is 67.3 Å². The number of carbonyl (C=O) groups excluding carboxylic acids is 1. The average Bonchev–Trinajstić information content (AvgIpc) is 3.22. The molecule has 1 unspecified atom stereocenters. The fourth-order valence-electron chi connectivity index (χ4n) is 2.59. The number of hydrogen-bond acceptors (Lipinski definition) is 4. The lowest BCUT2D eigenvalue weighted by Crippen LogP contribution is -2.24. The number of halogens is 2. The van der Waals surface area contributed by atoms with Crippen molar-refractivity contribution in [3.63, 3.8) is 0 Å². The molecule has 144 valence electrons. The minimum Gasteiger partial charge on any atom is -0.434 e. The van der Waals surface area contributed by atoms with Gasteiger partial charge in [-0.1, -0.05) is 30.3 Å². The van der Waals surface area contributed by atoms with Crippen molar-refractivity contribution in [2.75, 3.05) is 0 Å². The molecule has 1 aromatic heterocycles. The van der Waals surface area contributed by atoms with Gasteiger partial charge in [-0.15, -0.1) is 0 Å². The number of nitrogens with one attached hydrogen (secondary N) is 1. The second kappa shape index (κ2) is 8.90. The maximum absolute atomic E-state index is 12.4. The Morgan fingerprint density at radius 1 is 1.18 bits per heavy atom. The standard InChI is InChI=1S/C20H18F2N4O2/c1-14(15-6-9-17(10-7-15)26-13-23-12-24-26)25-19(27)11-8-16-4-2-3-5-18(16)28-20(21)22/h2-14,20H,1H3,(H,25,27)/b11-8+. The van der Waals surface area contributed by atoms with Gasteiger partial charge >= 0.3 is 6.61 Å². The van der Waals surface area contributed by atoms with E-state index in [2.05, 4.69) is 20.1 Å². The zero-order valence-electron chi connectivity index (χ0n) is 15.0. The number of amides is 1. The Morgan fingerprint density at radius 2 is 1.93 bits per heavy atom. The van der Waals surface area contributed by atoms with Crippen LogP contribution >= 0.6 is 0 Å². The Hall–Kier alpha value is -3.55. The van der Waals surface area contributed by atoms with Gasteiger partial charge in [0.25, 0.3) is 0 Å². The zero-order valence-corrected chi connectivity index (χ0v) is 15.0. The molecule has 0 saturated carbocycles. The number of benzene rings is 2. The molecule has 0 aliphatic carbocycles. The van der Waals surface area contributed by atoms with Crippen LogP contribution in [-0.4, -0.2) is 27.3 Å². The quantitative estimate of drug-likeness (QED) is 0.630. The van der Waals surface area contributed by atoms with E-state index < -0.39 is 6.61 Å². The molecule has 1 N–H and O–H groups in total. The molecular formula is C20H18F2N4O2. The van der Waals surface area contributed by atoms with Gasteiger partial charge in [0, 0.05) is 11.6 Å². The molecule has 0 fully saturated rings. The lowest BCUT2D eigenvalue weighted by molar-refractivity contribution is -0.117. The highest BCUT2D eigenvalue weighted by Crippen LogP contribution is 2.21. The molecule has 0 saturated heterocycles. The maximum Gasteiger partial charge on any atom is 0.387 e. The van der Waals surface area contributed by atoms with Crippen molar-refractivity contribution in [1.82, 2.24) is 20.1 Å². The molecule has 1 atom stereocenters. The smallest absolute Gasteiger partial charge is 0.387 e. The molecule has 3 aromatic rings. The predicted octanol–water partition coefficient (Wildman–Crippen LogP) is 3.76. The first-order valence-electron chi connectivity index (χ1n) is 8.50. The Bertz CT molecular complexity index is 941. The maximum atomic E-state index is 12.4. The molecule has 1 amide bonds. The van der Waals surface area contributed by atoms with Gasteiger partial charge in [0.05, 0.1) is 11.7 Å². The van der Waals surface area contributed by atoms with Crippen LogP contribution in [0.4, 0.5) is 8.78 Å². The van der Waals surface area contributed by atoms with Crippen molar-refractivity contribution < 1.29 is 18.3 Å². The van der Waals surface area contributed by atoms with Gasteiger partial charge in [0.1, 0.15) is 18.4 Å². The second-order valence-corrected chi connectivity index (χ2v) is 5.91. The fourth-order valence-corrected chi connectivity index (χ4v) is 2.59. The molecule has 1 heterocycles. The first-order chi connectivity index (χ1) is 13.5. The van der Waals surface area contributed by atoms with Crippen molar-refractivity contribution in [2.45, 2.75) is 19.6 Å². The third-order valence-electron chi connectivity index (χ3n) is 3.98. The van der Waals surface area contributed by atoms with E-state index in [1.165, 1.54) is 24.5 Å². The van der Waals surface area contributed by atoms with E-state index in [0.717, 1.165) is 11.3 Å². The van der Waals surface area contributed by atoms with Crippen molar-refractivity contribution in [3.8, 4) is 11.4 Å². The monoisotopic (exact) mass is 384 g/mol. The normalized spacial score (nSPS) is 12.3. The van der Waals surface area contributed by atoms with Gasteiger partial charge in [0.15, 0.2) is 0 Å². The van der Waals surface area contributed by atoms with Gasteiger partial charge in [-0.05, 0) is 36.8 Å². The largest absolute Gasteiger partial charge is 0.434 e. The molecule has 0 spiro atoms. The molecule has 2 aromatic carbocycles. The number of carbonyl (C=O) groups is 1. The van der Waals surface area contributed by atoms with E-state index in [1.807, 2.05) is 31.2 Å². The van der Waals surface area contributed by atoms with Crippen molar-refractivity contribution in [3.05, 3.63) is 78.4 Å². The summed E-state index contributed by atoms with van der Waals surface area (Å²) in [7, 11) is 0. The molecule has 0 radical (unpaired) electrons. The summed E-state index contributed by atoms with van der Waals surface area (Å²) in [6.07, 6.45) is 5.77. The van der Waals surface area contributed by atoms with E-state index in [4.69, 9.17) is 0 Å². The summed E-state index contributed by atoms with van der Waals surface area (Å²) in [6, 6.07) is 13.6. The van der Waals surface area contributed by atoms with E-state index in [9.17, 15) is 13.6 Å². The molecule has 0 aliphatic heterocycles. The molecule has 0 aliphatic rings. The van der Waals surface area contributed by atoms with Crippen LogP contribution in [0, 0.1) is 0 Å². The Balaban J connectivity index is 1.62. The van der Waals surface area contributed by atoms with Gasteiger partial charge < -0.3 is 10.1 Å². The predicted molar refractivity (Wildman–Crippen MR) is 100 cm³/mol. The van der Waals surface area contributed by atoms with Crippen LogP contribution in [-0.2, 0) is 4.79 Å². The SMILES string of the molecule is CC(NC(=O)/C=C/c1ccccc1OC(F)F)c1ccc(-n2cncn2)cc1. The van der Waals surface area contributed by atoms with Crippen LogP contribution in [0.5, 0.6) is 5.75 Å². The number of alkyl halides is 2. The molecule has 0 bridgehead atoms. The van der Waals surface area contributed by atoms with Crippen molar-refractivity contribution >= 4 is 12.0 Å². The number of nitrogens with zero attached hydrogens (tertiary/aromatic N) is 3. The molecular weight excluding hydrogens is 366 g/mol. The number of ether oxygens (including phenoxy) is 1. The third-order valence-corrected chi connectivity index (χ3v) is 3.98. The van der Waals surface area contributed by atoms with E-state index in [1.54, 1.807) is 29.2 Å². The van der Waals surface area contributed by atoms with Crippen molar-refractivity contribution in [2.24, 2.45) is 0 Å². The number of aromatic nitrogens is 3. The molecule has 8 heteroatoms. The minimum absolute atomic E-state index is 0.0123. The summed E-state index contributed by atoms with van der Waals surface area (Å²) in [5.74, 6) is -0.335. The highest BCUT2D eigenvalue weighted by Gasteiger charge is 2.10. The first kappa shape index (κ1) is 19.2. The number of rotatable bonds is 7. The lowest BCUT2D eigenvalue weighted by Gasteiger charge is -2.13. The van der Waals surface area contributed by atoms with Crippen LogP contribution in [0.2, 0.25) is 0 Å². The van der Waals surface area contributed by atoms with Crippen LogP contribution in [0.1, 0.15) is 24.1 Å². The molecule has 28 heavy (non-hydrogen) atoms.